The summed E-state index contributed by atoms with van der Waals surface area (Å²) in [5.74, 6) is 0. The van der Waals surface area contributed by atoms with Crippen molar-refractivity contribution >= 4 is 10.1 Å². The highest BCUT2D eigenvalue weighted by molar-refractivity contribution is 7.86. The van der Waals surface area contributed by atoms with E-state index in [-0.39, 0.29) is 12.1 Å². The molecule has 0 aromatic carbocycles. The molecule has 0 N–H and O–H groups in total. The highest BCUT2D eigenvalue weighted by Gasteiger charge is 2.33. The van der Waals surface area contributed by atoms with E-state index in [0.717, 1.165) is 58.2 Å². The van der Waals surface area contributed by atoms with Gasteiger partial charge < -0.3 is 4.74 Å². The summed E-state index contributed by atoms with van der Waals surface area (Å²) in [6.07, 6.45) is 5.05. The van der Waals surface area contributed by atoms with E-state index in [4.69, 9.17) is 8.92 Å². The van der Waals surface area contributed by atoms with Crippen LogP contribution in [-0.2, 0) is 19.0 Å². The molecule has 1 saturated heterocycles. The third-order valence-electron chi connectivity index (χ3n) is 3.48. The Bertz CT molecular complexity index is 337. The number of hydrogen-bond donors (Lipinski definition) is 0. The van der Waals surface area contributed by atoms with E-state index < -0.39 is 10.1 Å². The summed E-state index contributed by atoms with van der Waals surface area (Å²) in [5.41, 5.74) is 0. The predicted molar refractivity (Wildman–Crippen MR) is 64.4 cm³/mol. The number of rotatable bonds is 3. The maximum absolute atomic E-state index is 11.3. The van der Waals surface area contributed by atoms with Crippen LogP contribution in [0.25, 0.3) is 0 Å². The van der Waals surface area contributed by atoms with E-state index >= 15 is 0 Å². The molecular weight excluding hydrogens is 242 g/mol. The van der Waals surface area contributed by atoms with Gasteiger partial charge in [-0.3, -0.25) is 9.08 Å². The Hall–Kier alpha value is -0.170. The lowest BCUT2D eigenvalue weighted by atomic mass is 9.91. The molecule has 0 unspecified atom stereocenters. The molecule has 1 saturated carbocycles. The zero-order valence-corrected chi connectivity index (χ0v) is 11.1. The van der Waals surface area contributed by atoms with Crippen LogP contribution in [0, 0.1) is 0 Å². The summed E-state index contributed by atoms with van der Waals surface area (Å²) in [4.78, 5) is 2.32. The topological polar surface area (TPSA) is 55.8 Å². The Morgan fingerprint density at radius 3 is 2.47 bits per heavy atom. The van der Waals surface area contributed by atoms with Gasteiger partial charge in [0, 0.05) is 19.1 Å². The Kier molecular flexibility index (Phi) is 4.41. The maximum Gasteiger partial charge on any atom is 0.264 e. The highest BCUT2D eigenvalue weighted by atomic mass is 32.2. The van der Waals surface area contributed by atoms with Gasteiger partial charge in [-0.1, -0.05) is 12.8 Å². The van der Waals surface area contributed by atoms with E-state index in [1.54, 1.807) is 0 Å². The van der Waals surface area contributed by atoms with Crippen LogP contribution in [-0.4, -0.2) is 58.0 Å². The zero-order chi connectivity index (χ0) is 12.3. The van der Waals surface area contributed by atoms with Gasteiger partial charge in [0.1, 0.15) is 0 Å². The van der Waals surface area contributed by atoms with Crippen LogP contribution >= 0.6 is 0 Å². The summed E-state index contributed by atoms with van der Waals surface area (Å²) in [6, 6.07) is 0.238. The van der Waals surface area contributed by atoms with Gasteiger partial charge in [-0.15, -0.1) is 0 Å². The molecule has 0 aromatic rings. The predicted octanol–water partition coefficient (Wildman–Crippen LogP) is 0.606. The molecule has 0 radical (unpaired) electrons. The molecule has 2 atom stereocenters. The summed E-state index contributed by atoms with van der Waals surface area (Å²) in [5, 5.41) is 0. The smallest absolute Gasteiger partial charge is 0.264 e. The number of nitrogens with zero attached hydrogens (tertiary/aromatic N) is 1. The number of hydrogen-bond acceptors (Lipinski definition) is 5. The third-order valence-corrected chi connectivity index (χ3v) is 4.08. The van der Waals surface area contributed by atoms with Crippen molar-refractivity contribution in [1.82, 2.24) is 4.90 Å². The van der Waals surface area contributed by atoms with Crippen LogP contribution in [0.2, 0.25) is 0 Å². The van der Waals surface area contributed by atoms with Crippen molar-refractivity contribution in [3.63, 3.8) is 0 Å². The molecule has 5 nitrogen and oxygen atoms in total. The molecule has 6 heteroatoms. The summed E-state index contributed by atoms with van der Waals surface area (Å²) in [6.45, 7) is 3.24. The molecular formula is C11H21NO4S. The Morgan fingerprint density at radius 1 is 1.18 bits per heavy atom. The van der Waals surface area contributed by atoms with Crippen molar-refractivity contribution in [3.05, 3.63) is 0 Å². The van der Waals surface area contributed by atoms with Gasteiger partial charge >= 0.3 is 0 Å². The first kappa shape index (κ1) is 13.3. The van der Waals surface area contributed by atoms with E-state index in [1.165, 1.54) is 0 Å². The zero-order valence-electron chi connectivity index (χ0n) is 10.3. The number of ether oxygens (including phenoxy) is 1. The molecule has 17 heavy (non-hydrogen) atoms. The lowest BCUT2D eigenvalue weighted by Crippen LogP contribution is -2.51. The first-order chi connectivity index (χ1) is 8.06. The molecule has 2 rings (SSSR count). The minimum absolute atomic E-state index is 0.170. The highest BCUT2D eigenvalue weighted by Crippen LogP contribution is 2.27. The molecule has 1 aliphatic heterocycles. The van der Waals surface area contributed by atoms with Gasteiger partial charge in [0.2, 0.25) is 0 Å². The standard InChI is InChI=1S/C11H21NO4S/c1-17(13,14)16-11-5-3-2-4-10(11)12-6-8-15-9-7-12/h10-11H,2-9H2,1H3/t10-,11-/m0/s1. The molecule has 0 aromatic heterocycles. The molecule has 2 fully saturated rings. The second-order valence-electron chi connectivity index (χ2n) is 4.84. The van der Waals surface area contributed by atoms with E-state index in [1.807, 2.05) is 0 Å². The van der Waals surface area contributed by atoms with Gasteiger partial charge in [0.25, 0.3) is 10.1 Å². The van der Waals surface area contributed by atoms with Crippen LogP contribution in [0.5, 0.6) is 0 Å². The Morgan fingerprint density at radius 2 is 1.82 bits per heavy atom. The summed E-state index contributed by atoms with van der Waals surface area (Å²) in [7, 11) is -3.35. The Labute approximate surface area is 103 Å². The number of morpholine rings is 1. The summed E-state index contributed by atoms with van der Waals surface area (Å²) >= 11 is 0. The van der Waals surface area contributed by atoms with Gasteiger partial charge in [0.15, 0.2) is 0 Å². The second-order valence-corrected chi connectivity index (χ2v) is 6.44. The van der Waals surface area contributed by atoms with Crippen molar-refractivity contribution in [3.8, 4) is 0 Å². The van der Waals surface area contributed by atoms with E-state index in [0.29, 0.717) is 0 Å². The lowest BCUT2D eigenvalue weighted by molar-refractivity contribution is -0.0263. The second kappa shape index (κ2) is 5.65. The van der Waals surface area contributed by atoms with Crippen LogP contribution in [0.1, 0.15) is 25.7 Å². The van der Waals surface area contributed by atoms with E-state index in [2.05, 4.69) is 4.90 Å². The molecule has 1 heterocycles. The normalized spacial score (nSPS) is 32.5. The fourth-order valence-corrected chi connectivity index (χ4v) is 3.41. The quantitative estimate of drug-likeness (QED) is 0.698. The minimum Gasteiger partial charge on any atom is -0.379 e. The fourth-order valence-electron chi connectivity index (χ4n) is 2.74. The fraction of sp³-hybridized carbons (Fsp3) is 1.00. The van der Waals surface area contributed by atoms with Gasteiger partial charge in [0.05, 0.1) is 25.6 Å². The van der Waals surface area contributed by atoms with Crippen molar-refractivity contribution in [2.45, 2.75) is 37.8 Å². The Balaban J connectivity index is 2.00. The molecule has 0 bridgehead atoms. The average molecular weight is 263 g/mol. The molecule has 0 spiro atoms. The lowest BCUT2D eigenvalue weighted by Gasteiger charge is -2.40. The van der Waals surface area contributed by atoms with E-state index in [9.17, 15) is 8.42 Å². The molecule has 100 valence electrons. The van der Waals surface area contributed by atoms with Crippen molar-refractivity contribution in [2.75, 3.05) is 32.6 Å². The largest absolute Gasteiger partial charge is 0.379 e. The van der Waals surface area contributed by atoms with Crippen LogP contribution < -0.4 is 0 Å². The van der Waals surface area contributed by atoms with Gasteiger partial charge in [-0.2, -0.15) is 8.42 Å². The van der Waals surface area contributed by atoms with Gasteiger partial charge in [-0.25, -0.2) is 0 Å². The van der Waals surface area contributed by atoms with Crippen LogP contribution in [0.3, 0.4) is 0 Å². The maximum atomic E-state index is 11.3. The average Bonchev–Trinajstić information content (AvgIpc) is 2.29. The minimum atomic E-state index is -3.35. The van der Waals surface area contributed by atoms with Crippen molar-refractivity contribution in [1.29, 1.82) is 0 Å². The third kappa shape index (κ3) is 3.91. The van der Waals surface area contributed by atoms with Crippen LogP contribution in [0.4, 0.5) is 0 Å². The van der Waals surface area contributed by atoms with Crippen LogP contribution in [0.15, 0.2) is 0 Å². The monoisotopic (exact) mass is 263 g/mol. The molecule has 0 amide bonds. The molecule has 2 aliphatic rings. The summed E-state index contributed by atoms with van der Waals surface area (Å²) < 4.78 is 33.1. The SMILES string of the molecule is CS(=O)(=O)O[C@H]1CCCC[C@@H]1N1CCOCC1. The van der Waals surface area contributed by atoms with Crippen molar-refractivity contribution < 1.29 is 17.3 Å². The first-order valence-corrected chi connectivity index (χ1v) is 8.08. The van der Waals surface area contributed by atoms with Gasteiger partial charge in [-0.05, 0) is 12.8 Å². The first-order valence-electron chi connectivity index (χ1n) is 6.26. The van der Waals surface area contributed by atoms with Crippen molar-refractivity contribution in [2.24, 2.45) is 0 Å². The molecule has 1 aliphatic carbocycles.